The quantitative estimate of drug-likeness (QED) is 0.668. The maximum absolute atomic E-state index is 12.5. The van der Waals surface area contributed by atoms with Gasteiger partial charge in [-0.25, -0.2) is 15.0 Å². The van der Waals surface area contributed by atoms with Gasteiger partial charge in [0.25, 0.3) is 0 Å². The van der Waals surface area contributed by atoms with E-state index in [0.29, 0.717) is 12.4 Å². The minimum absolute atomic E-state index is 0.00983. The maximum Gasteiger partial charge on any atom is 0.246 e. The average Bonchev–Trinajstić information content (AvgIpc) is 3.41. The highest BCUT2D eigenvalue weighted by Gasteiger charge is 2.27. The number of hydrogen-bond donors (Lipinski definition) is 1. The number of likely N-dealkylation sites (tertiary alicyclic amines) is 1. The molecule has 0 aromatic carbocycles. The van der Waals surface area contributed by atoms with Crippen LogP contribution in [0.3, 0.4) is 0 Å². The van der Waals surface area contributed by atoms with Crippen molar-refractivity contribution in [2.24, 2.45) is 7.05 Å². The predicted octanol–water partition coefficient (Wildman–Crippen LogP) is 2.75. The number of carbonyl (C=O) groups excluding carboxylic acids is 1. The second kappa shape index (κ2) is 7.89. The minimum atomic E-state index is 0.00983. The van der Waals surface area contributed by atoms with Crippen LogP contribution in [0, 0.1) is 6.92 Å². The molecule has 4 heterocycles. The Labute approximate surface area is 167 Å². The molecular weight excluding hydrogens is 374 g/mol. The molecule has 0 saturated carbocycles. The molecule has 4 rings (SSSR count). The van der Waals surface area contributed by atoms with Gasteiger partial charge in [-0.1, -0.05) is 0 Å². The van der Waals surface area contributed by atoms with Crippen molar-refractivity contribution in [1.29, 1.82) is 0 Å². The van der Waals surface area contributed by atoms with Crippen LogP contribution in [0.4, 0.5) is 10.9 Å². The predicted molar refractivity (Wildman–Crippen MR) is 108 cm³/mol. The summed E-state index contributed by atoms with van der Waals surface area (Å²) in [6.45, 7) is 3.25. The molecule has 1 aliphatic heterocycles. The van der Waals surface area contributed by atoms with Crippen LogP contribution in [-0.2, 0) is 11.8 Å². The summed E-state index contributed by atoms with van der Waals surface area (Å²) in [7, 11) is 1.85. The van der Waals surface area contributed by atoms with Gasteiger partial charge in [0.2, 0.25) is 5.91 Å². The number of anilines is 2. The number of nitrogens with zero attached hydrogens (tertiary/aromatic N) is 6. The SMILES string of the molecule is Cc1nc(Nc2nccs2)cc([C@H]2CCN(C(=O)/C=C/c3ccnn3C)C2)n1. The van der Waals surface area contributed by atoms with Crippen LogP contribution in [0.5, 0.6) is 0 Å². The van der Waals surface area contributed by atoms with Gasteiger partial charge in [-0.3, -0.25) is 9.48 Å². The molecule has 0 bridgehead atoms. The van der Waals surface area contributed by atoms with Crippen molar-refractivity contribution < 1.29 is 4.79 Å². The van der Waals surface area contributed by atoms with E-state index in [4.69, 9.17) is 0 Å². The summed E-state index contributed by atoms with van der Waals surface area (Å²) < 4.78 is 1.73. The number of carbonyl (C=O) groups is 1. The highest BCUT2D eigenvalue weighted by Crippen LogP contribution is 2.28. The lowest BCUT2D eigenvalue weighted by Crippen LogP contribution is -2.26. The molecule has 1 aliphatic rings. The van der Waals surface area contributed by atoms with E-state index in [-0.39, 0.29) is 11.8 Å². The topological polar surface area (TPSA) is 88.8 Å². The van der Waals surface area contributed by atoms with Gasteiger partial charge in [0.1, 0.15) is 11.6 Å². The zero-order valence-electron chi connectivity index (χ0n) is 15.7. The standard InChI is InChI=1S/C19H21N7OS/c1-13-22-16(11-17(23-13)24-19-20-8-10-28-19)14-6-9-26(12-14)18(27)4-3-15-5-7-21-25(15)2/h3-5,7-8,10-11,14H,6,9,12H2,1-2H3,(H,20,22,23,24)/b4-3+/t14-/m0/s1. The summed E-state index contributed by atoms with van der Waals surface area (Å²) in [6, 6.07) is 3.83. The van der Waals surface area contributed by atoms with E-state index in [2.05, 4.69) is 25.4 Å². The third kappa shape index (κ3) is 4.09. The molecule has 0 radical (unpaired) electrons. The van der Waals surface area contributed by atoms with Gasteiger partial charge in [0, 0.05) is 56.0 Å². The third-order valence-corrected chi connectivity index (χ3v) is 5.39. The Balaban J connectivity index is 1.43. The van der Waals surface area contributed by atoms with Crippen molar-refractivity contribution in [1.82, 2.24) is 29.6 Å². The van der Waals surface area contributed by atoms with Crippen molar-refractivity contribution in [2.45, 2.75) is 19.3 Å². The smallest absolute Gasteiger partial charge is 0.246 e. The summed E-state index contributed by atoms with van der Waals surface area (Å²) >= 11 is 1.52. The highest BCUT2D eigenvalue weighted by molar-refractivity contribution is 7.13. The van der Waals surface area contributed by atoms with E-state index in [1.54, 1.807) is 29.2 Å². The fourth-order valence-corrected chi connectivity index (χ4v) is 3.81. The van der Waals surface area contributed by atoms with Gasteiger partial charge >= 0.3 is 0 Å². The first-order chi connectivity index (χ1) is 13.6. The van der Waals surface area contributed by atoms with Gasteiger partial charge in [-0.15, -0.1) is 11.3 Å². The molecule has 1 fully saturated rings. The van der Waals surface area contributed by atoms with E-state index >= 15 is 0 Å². The molecule has 0 unspecified atom stereocenters. The third-order valence-electron chi connectivity index (χ3n) is 4.70. The summed E-state index contributed by atoms with van der Waals surface area (Å²) in [5.74, 6) is 1.65. The first-order valence-corrected chi connectivity index (χ1v) is 9.93. The Morgan fingerprint density at radius 2 is 2.25 bits per heavy atom. The second-order valence-corrected chi connectivity index (χ2v) is 7.56. The lowest BCUT2D eigenvalue weighted by atomic mass is 10.0. The van der Waals surface area contributed by atoms with Gasteiger partial charge < -0.3 is 10.2 Å². The lowest BCUT2D eigenvalue weighted by Gasteiger charge is -2.15. The molecule has 28 heavy (non-hydrogen) atoms. The van der Waals surface area contributed by atoms with Crippen LogP contribution in [0.1, 0.15) is 29.6 Å². The average molecular weight is 395 g/mol. The Morgan fingerprint density at radius 3 is 3.00 bits per heavy atom. The minimum Gasteiger partial charge on any atom is -0.338 e. The number of thiazole rings is 1. The number of nitrogens with one attached hydrogen (secondary N) is 1. The van der Waals surface area contributed by atoms with Gasteiger partial charge in [0.05, 0.1) is 11.4 Å². The summed E-state index contributed by atoms with van der Waals surface area (Å²) in [5.41, 5.74) is 1.85. The van der Waals surface area contributed by atoms with Gasteiger partial charge in [-0.2, -0.15) is 5.10 Å². The van der Waals surface area contributed by atoms with E-state index in [1.807, 2.05) is 36.4 Å². The van der Waals surface area contributed by atoms with E-state index < -0.39 is 0 Å². The Bertz CT molecular complexity index is 996. The monoisotopic (exact) mass is 395 g/mol. The van der Waals surface area contributed by atoms with Crippen molar-refractivity contribution in [3.63, 3.8) is 0 Å². The lowest BCUT2D eigenvalue weighted by molar-refractivity contribution is -0.124. The van der Waals surface area contributed by atoms with Crippen molar-refractivity contribution in [2.75, 3.05) is 18.4 Å². The van der Waals surface area contributed by atoms with Crippen molar-refractivity contribution in [3.8, 4) is 0 Å². The number of aryl methyl sites for hydroxylation is 2. The first-order valence-electron chi connectivity index (χ1n) is 9.05. The molecule has 1 amide bonds. The molecule has 1 saturated heterocycles. The van der Waals surface area contributed by atoms with Crippen LogP contribution in [0.15, 0.2) is 36.0 Å². The van der Waals surface area contributed by atoms with Crippen molar-refractivity contribution in [3.05, 3.63) is 53.2 Å². The summed E-state index contributed by atoms with van der Waals surface area (Å²) in [5, 5.41) is 10.0. The molecule has 3 aromatic rings. The van der Waals surface area contributed by atoms with Crippen LogP contribution >= 0.6 is 11.3 Å². The molecule has 1 atom stereocenters. The molecule has 0 spiro atoms. The number of aromatic nitrogens is 5. The second-order valence-electron chi connectivity index (χ2n) is 6.67. The molecule has 8 nitrogen and oxygen atoms in total. The Kier molecular flexibility index (Phi) is 5.16. The van der Waals surface area contributed by atoms with Gasteiger partial charge in [0.15, 0.2) is 5.13 Å². The largest absolute Gasteiger partial charge is 0.338 e. The Hall–Kier alpha value is -3.07. The van der Waals surface area contributed by atoms with E-state index in [0.717, 1.165) is 35.3 Å². The Morgan fingerprint density at radius 1 is 1.36 bits per heavy atom. The summed E-state index contributed by atoms with van der Waals surface area (Å²) in [4.78, 5) is 27.7. The fraction of sp³-hybridized carbons (Fsp3) is 0.316. The molecule has 144 valence electrons. The zero-order chi connectivity index (χ0) is 19.5. The molecule has 1 N–H and O–H groups in total. The highest BCUT2D eigenvalue weighted by atomic mass is 32.1. The number of hydrogen-bond acceptors (Lipinski definition) is 7. The molecule has 3 aromatic heterocycles. The van der Waals surface area contributed by atoms with E-state index in [9.17, 15) is 4.79 Å². The summed E-state index contributed by atoms with van der Waals surface area (Å²) in [6.07, 6.45) is 7.76. The normalized spacial score (nSPS) is 16.8. The fourth-order valence-electron chi connectivity index (χ4n) is 3.27. The van der Waals surface area contributed by atoms with Crippen molar-refractivity contribution >= 4 is 34.3 Å². The molecular formula is C19H21N7OS. The zero-order valence-corrected chi connectivity index (χ0v) is 16.6. The van der Waals surface area contributed by atoms with Crippen LogP contribution in [0.2, 0.25) is 0 Å². The van der Waals surface area contributed by atoms with Crippen LogP contribution in [-0.4, -0.2) is 48.6 Å². The van der Waals surface area contributed by atoms with Crippen LogP contribution in [0.25, 0.3) is 6.08 Å². The van der Waals surface area contributed by atoms with E-state index in [1.165, 1.54) is 11.3 Å². The first kappa shape index (κ1) is 18.3. The number of rotatable bonds is 5. The molecule has 9 heteroatoms. The van der Waals surface area contributed by atoms with Gasteiger partial charge in [-0.05, 0) is 25.5 Å². The van der Waals surface area contributed by atoms with Crippen LogP contribution < -0.4 is 5.32 Å². The number of amides is 1. The molecule has 0 aliphatic carbocycles. The maximum atomic E-state index is 12.5.